The van der Waals surface area contributed by atoms with Gasteiger partial charge >= 0.3 is 0 Å². The van der Waals surface area contributed by atoms with Gasteiger partial charge in [-0.15, -0.1) is 10.2 Å². The summed E-state index contributed by atoms with van der Waals surface area (Å²) in [6.07, 6.45) is 3.32. The highest BCUT2D eigenvalue weighted by Crippen LogP contribution is 2.25. The average molecular weight is 438 g/mol. The van der Waals surface area contributed by atoms with Crippen LogP contribution in [0.15, 0.2) is 30.3 Å². The molecule has 2 N–H and O–H groups in total. The third kappa shape index (κ3) is 5.44. The molecule has 0 aliphatic heterocycles. The fourth-order valence-electron chi connectivity index (χ4n) is 3.84. The number of aliphatic hydroxyl groups excluding tert-OH is 1. The zero-order valence-corrected chi connectivity index (χ0v) is 18.2. The van der Waals surface area contributed by atoms with Crippen molar-refractivity contribution in [2.24, 2.45) is 5.92 Å². The van der Waals surface area contributed by atoms with Crippen molar-refractivity contribution in [1.29, 1.82) is 0 Å². The second-order valence-corrected chi connectivity index (χ2v) is 8.06. The van der Waals surface area contributed by atoms with E-state index < -0.39 is 0 Å². The summed E-state index contributed by atoms with van der Waals surface area (Å²) in [5, 5.41) is 25.2. The molecule has 32 heavy (non-hydrogen) atoms. The van der Waals surface area contributed by atoms with E-state index in [2.05, 4.69) is 30.7 Å². The minimum atomic E-state index is -0.312. The molecule has 10 heteroatoms. The van der Waals surface area contributed by atoms with Crippen LogP contribution in [0.5, 0.6) is 5.75 Å². The van der Waals surface area contributed by atoms with Gasteiger partial charge < -0.3 is 15.2 Å². The van der Waals surface area contributed by atoms with Crippen molar-refractivity contribution in [2.45, 2.75) is 51.8 Å². The van der Waals surface area contributed by atoms with E-state index in [0.29, 0.717) is 36.4 Å². The molecule has 1 aliphatic carbocycles. The fraction of sp³-hybridized carbons (Fsp3) is 0.455. The molecule has 0 spiro atoms. The summed E-state index contributed by atoms with van der Waals surface area (Å²) in [5.41, 5.74) is 1.62. The molecule has 2 heterocycles. The van der Waals surface area contributed by atoms with Crippen LogP contribution in [-0.4, -0.2) is 54.4 Å². The van der Waals surface area contributed by atoms with Crippen LogP contribution in [0.3, 0.4) is 0 Å². The first-order valence-electron chi connectivity index (χ1n) is 10.7. The Morgan fingerprint density at radius 1 is 1.22 bits per heavy atom. The maximum atomic E-state index is 12.7. The molecule has 10 nitrogen and oxygen atoms in total. The van der Waals surface area contributed by atoms with Crippen molar-refractivity contribution < 1.29 is 14.6 Å². The van der Waals surface area contributed by atoms with Crippen LogP contribution in [0, 0.1) is 12.8 Å². The molecule has 0 bridgehead atoms. The summed E-state index contributed by atoms with van der Waals surface area (Å²) in [7, 11) is 1.60. The molecular weight excluding hydrogens is 410 g/mol. The molecule has 0 radical (unpaired) electrons. The number of aromatic nitrogens is 6. The van der Waals surface area contributed by atoms with Crippen LogP contribution in [0.25, 0.3) is 11.5 Å². The lowest BCUT2D eigenvalue weighted by Gasteiger charge is -2.24. The molecule has 168 valence electrons. The number of amides is 1. The normalized spacial score (nSPS) is 18.3. The average Bonchev–Trinajstić information content (AvgIpc) is 3.27. The predicted molar refractivity (Wildman–Crippen MR) is 116 cm³/mol. The van der Waals surface area contributed by atoms with Crippen LogP contribution in [0.1, 0.15) is 47.6 Å². The van der Waals surface area contributed by atoms with Gasteiger partial charge in [0.2, 0.25) is 5.82 Å². The van der Waals surface area contributed by atoms with Crippen molar-refractivity contribution in [3.8, 4) is 17.3 Å². The first-order chi connectivity index (χ1) is 15.5. The van der Waals surface area contributed by atoms with E-state index in [1.807, 2.05) is 24.3 Å². The Morgan fingerprint density at radius 2 is 2.03 bits per heavy atom. The SMILES string of the molecule is COc1cccc(CNC(=O)c2cc(-c3nnn(CC4CCC(O)CC4)n3)nc(C)n2)c1. The first kappa shape index (κ1) is 21.8. The van der Waals surface area contributed by atoms with Crippen LogP contribution < -0.4 is 10.1 Å². The van der Waals surface area contributed by atoms with Crippen LogP contribution in [0.2, 0.25) is 0 Å². The number of hydrogen-bond acceptors (Lipinski definition) is 8. The molecule has 0 unspecified atom stereocenters. The van der Waals surface area contributed by atoms with Crippen molar-refractivity contribution in [3.05, 3.63) is 47.4 Å². The highest BCUT2D eigenvalue weighted by molar-refractivity contribution is 5.93. The predicted octanol–water partition coefficient (Wildman–Crippen LogP) is 1.93. The number of ether oxygens (including phenoxy) is 1. The maximum Gasteiger partial charge on any atom is 0.270 e. The molecule has 1 saturated carbocycles. The lowest BCUT2D eigenvalue weighted by molar-refractivity contribution is 0.0945. The van der Waals surface area contributed by atoms with Crippen LogP contribution >= 0.6 is 0 Å². The molecule has 1 amide bonds. The third-order valence-corrected chi connectivity index (χ3v) is 5.58. The van der Waals surface area contributed by atoms with Gasteiger partial charge in [-0.25, -0.2) is 9.97 Å². The van der Waals surface area contributed by atoms with E-state index in [1.165, 1.54) is 0 Å². The van der Waals surface area contributed by atoms with Gasteiger partial charge in [-0.1, -0.05) is 12.1 Å². The monoisotopic (exact) mass is 437 g/mol. The van der Waals surface area contributed by atoms with Gasteiger partial charge in [0.1, 0.15) is 23.0 Å². The fourth-order valence-corrected chi connectivity index (χ4v) is 3.84. The van der Waals surface area contributed by atoms with E-state index >= 15 is 0 Å². The summed E-state index contributed by atoms with van der Waals surface area (Å²) in [6, 6.07) is 9.08. The second kappa shape index (κ2) is 9.82. The van der Waals surface area contributed by atoms with Crippen LogP contribution in [0.4, 0.5) is 0 Å². The maximum absolute atomic E-state index is 12.7. The van der Waals surface area contributed by atoms with E-state index in [9.17, 15) is 9.90 Å². The first-order valence-corrected chi connectivity index (χ1v) is 10.7. The molecule has 0 atom stereocenters. The number of benzene rings is 1. The Hall–Kier alpha value is -3.40. The molecule has 4 rings (SSSR count). The van der Waals surface area contributed by atoms with Gasteiger partial charge in [-0.2, -0.15) is 4.80 Å². The number of carbonyl (C=O) groups excluding carboxylic acids is 1. The summed E-state index contributed by atoms with van der Waals surface area (Å²) in [5.74, 6) is 1.65. The van der Waals surface area contributed by atoms with E-state index in [-0.39, 0.29) is 17.7 Å². The van der Waals surface area contributed by atoms with Gasteiger partial charge in [0.15, 0.2) is 0 Å². The molecular formula is C22H27N7O3. The molecule has 1 aliphatic rings. The largest absolute Gasteiger partial charge is 0.497 e. The minimum Gasteiger partial charge on any atom is -0.497 e. The van der Waals surface area contributed by atoms with Gasteiger partial charge in [0.25, 0.3) is 5.91 Å². The summed E-state index contributed by atoms with van der Waals surface area (Å²) in [4.78, 5) is 22.9. The van der Waals surface area contributed by atoms with E-state index in [4.69, 9.17) is 4.74 Å². The topological polar surface area (TPSA) is 128 Å². The van der Waals surface area contributed by atoms with Gasteiger partial charge in [0.05, 0.1) is 19.8 Å². The quantitative estimate of drug-likeness (QED) is 0.574. The Morgan fingerprint density at radius 3 is 2.81 bits per heavy atom. The number of tetrazole rings is 1. The number of aryl methyl sites for hydroxylation is 1. The molecule has 2 aromatic heterocycles. The third-order valence-electron chi connectivity index (χ3n) is 5.58. The Labute approximate surface area is 186 Å². The number of rotatable bonds is 7. The highest BCUT2D eigenvalue weighted by Gasteiger charge is 2.21. The molecule has 1 fully saturated rings. The van der Waals surface area contributed by atoms with Crippen molar-refractivity contribution in [3.63, 3.8) is 0 Å². The smallest absolute Gasteiger partial charge is 0.270 e. The molecule has 0 saturated heterocycles. The van der Waals surface area contributed by atoms with E-state index in [0.717, 1.165) is 37.0 Å². The number of hydrogen-bond donors (Lipinski definition) is 2. The number of carbonyl (C=O) groups is 1. The zero-order valence-electron chi connectivity index (χ0n) is 18.2. The van der Waals surface area contributed by atoms with E-state index in [1.54, 1.807) is 24.9 Å². The van der Waals surface area contributed by atoms with Gasteiger partial charge in [0, 0.05) is 6.54 Å². The Kier molecular flexibility index (Phi) is 6.69. The van der Waals surface area contributed by atoms with Crippen LogP contribution in [-0.2, 0) is 13.1 Å². The molecule has 1 aromatic carbocycles. The Bertz CT molecular complexity index is 1080. The lowest BCUT2D eigenvalue weighted by atomic mass is 9.88. The summed E-state index contributed by atoms with van der Waals surface area (Å²) >= 11 is 0. The number of aliphatic hydroxyl groups is 1. The summed E-state index contributed by atoms with van der Waals surface area (Å²) < 4.78 is 5.22. The zero-order chi connectivity index (χ0) is 22.5. The molecule has 3 aromatic rings. The van der Waals surface area contributed by atoms with Crippen molar-refractivity contribution in [2.75, 3.05) is 7.11 Å². The standard InChI is InChI=1S/C22H27N7O3/c1-14-24-19(21-26-28-29(27-21)13-15-6-8-17(30)9-7-15)11-20(25-14)22(31)23-12-16-4-3-5-18(10-16)32-2/h3-5,10-11,15,17,30H,6-9,12-13H2,1-2H3,(H,23,31). The summed E-state index contributed by atoms with van der Waals surface area (Å²) in [6.45, 7) is 2.72. The van der Waals surface area contributed by atoms with Gasteiger partial charge in [-0.3, -0.25) is 4.79 Å². The van der Waals surface area contributed by atoms with Crippen molar-refractivity contribution >= 4 is 5.91 Å². The number of nitrogens with zero attached hydrogens (tertiary/aromatic N) is 6. The minimum absolute atomic E-state index is 0.192. The highest BCUT2D eigenvalue weighted by atomic mass is 16.5. The number of nitrogens with one attached hydrogen (secondary N) is 1. The second-order valence-electron chi connectivity index (χ2n) is 8.06. The van der Waals surface area contributed by atoms with Gasteiger partial charge in [-0.05, 0) is 67.5 Å². The number of methoxy groups -OCH3 is 1. The Balaban J connectivity index is 1.43. The lowest BCUT2D eigenvalue weighted by Crippen LogP contribution is -2.24. The van der Waals surface area contributed by atoms with Crippen molar-refractivity contribution in [1.82, 2.24) is 35.5 Å².